The van der Waals surface area contributed by atoms with Crippen LogP contribution in [0.15, 0.2) is 54.6 Å². The van der Waals surface area contributed by atoms with Crippen LogP contribution in [-0.4, -0.2) is 41.7 Å². The van der Waals surface area contributed by atoms with Crippen molar-refractivity contribution in [1.29, 1.82) is 0 Å². The fourth-order valence-corrected chi connectivity index (χ4v) is 3.11. The van der Waals surface area contributed by atoms with Crippen LogP contribution in [0.25, 0.3) is 0 Å². The molecule has 1 atom stereocenters. The van der Waals surface area contributed by atoms with Gasteiger partial charge in [-0.15, -0.1) is 0 Å². The number of urea groups is 1. The van der Waals surface area contributed by atoms with Crippen molar-refractivity contribution in [3.8, 4) is 5.75 Å². The fraction of sp³-hybridized carbons (Fsp3) is 0.333. The first-order chi connectivity index (χ1) is 13.0. The fourth-order valence-electron chi connectivity index (χ4n) is 3.11. The first-order valence-electron chi connectivity index (χ1n) is 9.02. The summed E-state index contributed by atoms with van der Waals surface area (Å²) in [4.78, 5) is 25.3. The number of ether oxygens (including phenoxy) is 1. The molecule has 0 radical (unpaired) electrons. The van der Waals surface area contributed by atoms with Crippen LogP contribution >= 0.6 is 0 Å². The van der Waals surface area contributed by atoms with Crippen LogP contribution in [0.4, 0.5) is 10.5 Å². The molecule has 3 rings (SSSR count). The number of aliphatic carboxylic acids is 1. The molecule has 1 aliphatic rings. The first-order valence-corrected chi connectivity index (χ1v) is 9.02. The number of nitrogens with zero attached hydrogens (tertiary/aromatic N) is 1. The van der Waals surface area contributed by atoms with Crippen molar-refractivity contribution in [3.63, 3.8) is 0 Å². The molecule has 1 saturated heterocycles. The molecule has 0 aliphatic carbocycles. The quantitative estimate of drug-likeness (QED) is 0.816. The number of rotatable bonds is 6. The molecule has 1 fully saturated rings. The second-order valence-electron chi connectivity index (χ2n) is 7.08. The number of carbonyl (C=O) groups excluding carboxylic acids is 1. The highest BCUT2D eigenvalue weighted by molar-refractivity contribution is 5.90. The van der Waals surface area contributed by atoms with Gasteiger partial charge in [0.1, 0.15) is 5.75 Å². The smallest absolute Gasteiger partial charge is 0.321 e. The number of benzene rings is 2. The highest BCUT2D eigenvalue weighted by Crippen LogP contribution is 2.30. The van der Waals surface area contributed by atoms with E-state index in [1.807, 2.05) is 30.3 Å². The molecule has 27 heavy (non-hydrogen) atoms. The van der Waals surface area contributed by atoms with Gasteiger partial charge in [0.2, 0.25) is 0 Å². The van der Waals surface area contributed by atoms with Crippen molar-refractivity contribution < 1.29 is 19.4 Å². The third kappa shape index (κ3) is 4.78. The predicted molar refractivity (Wildman–Crippen MR) is 103 cm³/mol. The van der Waals surface area contributed by atoms with Gasteiger partial charge < -0.3 is 20.1 Å². The zero-order chi connectivity index (χ0) is 19.3. The Hall–Kier alpha value is -3.02. The summed E-state index contributed by atoms with van der Waals surface area (Å²) in [5.74, 6) is -0.188. The van der Waals surface area contributed by atoms with Gasteiger partial charge in [0, 0.05) is 31.3 Å². The van der Waals surface area contributed by atoms with E-state index in [1.54, 1.807) is 19.1 Å². The monoisotopic (exact) mass is 368 g/mol. The van der Waals surface area contributed by atoms with Crippen LogP contribution in [0.1, 0.15) is 18.9 Å². The van der Waals surface area contributed by atoms with Crippen molar-refractivity contribution in [3.05, 3.63) is 60.2 Å². The molecule has 2 aromatic carbocycles. The van der Waals surface area contributed by atoms with Gasteiger partial charge in [-0.25, -0.2) is 4.79 Å². The van der Waals surface area contributed by atoms with Crippen LogP contribution in [0.3, 0.4) is 0 Å². The molecule has 1 aliphatic heterocycles. The maximum Gasteiger partial charge on any atom is 0.321 e. The molecule has 0 aromatic heterocycles. The zero-order valence-electron chi connectivity index (χ0n) is 15.4. The normalized spacial score (nSPS) is 18.9. The van der Waals surface area contributed by atoms with Gasteiger partial charge >= 0.3 is 12.0 Å². The Balaban J connectivity index is 1.53. The van der Waals surface area contributed by atoms with Gasteiger partial charge in [0.15, 0.2) is 0 Å². The predicted octanol–water partition coefficient (Wildman–Crippen LogP) is 3.64. The minimum Gasteiger partial charge on any atom is -0.493 e. The summed E-state index contributed by atoms with van der Waals surface area (Å²) in [5, 5.41) is 12.1. The van der Waals surface area contributed by atoms with Crippen LogP contribution in [-0.2, 0) is 11.2 Å². The van der Waals surface area contributed by atoms with Crippen LogP contribution in [0.2, 0.25) is 0 Å². The number of amides is 2. The Labute approximate surface area is 158 Å². The lowest BCUT2D eigenvalue weighted by Crippen LogP contribution is -2.37. The van der Waals surface area contributed by atoms with Gasteiger partial charge in [-0.05, 0) is 31.0 Å². The van der Waals surface area contributed by atoms with E-state index in [1.165, 1.54) is 10.5 Å². The first kappa shape index (κ1) is 18.8. The van der Waals surface area contributed by atoms with Crippen LogP contribution < -0.4 is 10.1 Å². The van der Waals surface area contributed by atoms with Crippen molar-refractivity contribution in [2.45, 2.75) is 19.8 Å². The number of carbonyl (C=O) groups is 2. The Morgan fingerprint density at radius 3 is 2.67 bits per heavy atom. The van der Waals surface area contributed by atoms with E-state index in [0.29, 0.717) is 31.0 Å². The number of nitrogens with one attached hydrogen (secondary N) is 1. The Bertz CT molecular complexity index is 809. The molecule has 6 heteroatoms. The van der Waals surface area contributed by atoms with Crippen molar-refractivity contribution >= 4 is 17.7 Å². The molecule has 0 bridgehead atoms. The third-order valence-corrected chi connectivity index (χ3v) is 4.86. The second-order valence-corrected chi connectivity index (χ2v) is 7.08. The number of hydrogen-bond acceptors (Lipinski definition) is 3. The lowest BCUT2D eigenvalue weighted by atomic mass is 9.90. The number of likely N-dealkylation sites (tertiary alicyclic amines) is 1. The van der Waals surface area contributed by atoms with Crippen molar-refractivity contribution in [1.82, 2.24) is 4.90 Å². The minimum atomic E-state index is -0.875. The molecule has 2 N–H and O–H groups in total. The highest BCUT2D eigenvalue weighted by Gasteiger charge is 2.42. The maximum atomic E-state index is 12.4. The average Bonchev–Trinajstić information content (AvgIpc) is 3.07. The highest BCUT2D eigenvalue weighted by atomic mass is 16.5. The molecule has 142 valence electrons. The Morgan fingerprint density at radius 1 is 1.19 bits per heavy atom. The average molecular weight is 368 g/mol. The minimum absolute atomic E-state index is 0.210. The largest absolute Gasteiger partial charge is 0.493 e. The summed E-state index contributed by atoms with van der Waals surface area (Å²) in [5.41, 5.74) is 0.957. The van der Waals surface area contributed by atoms with Gasteiger partial charge in [-0.3, -0.25) is 4.79 Å². The number of carboxylic acids is 1. The number of hydrogen-bond donors (Lipinski definition) is 2. The summed E-state index contributed by atoms with van der Waals surface area (Å²) >= 11 is 0. The van der Waals surface area contributed by atoms with Gasteiger partial charge in [-0.2, -0.15) is 0 Å². The molecule has 0 saturated carbocycles. The SMILES string of the molecule is CC1(C(=O)O)CCN(C(=O)Nc2cccc(OCCc3ccccc3)c2)C1. The van der Waals surface area contributed by atoms with Crippen molar-refractivity contribution in [2.75, 3.05) is 25.0 Å². The van der Waals surface area contributed by atoms with Gasteiger partial charge in [0.05, 0.1) is 12.0 Å². The molecular formula is C21H24N2O4. The van der Waals surface area contributed by atoms with Crippen molar-refractivity contribution in [2.24, 2.45) is 5.41 Å². The molecule has 0 spiro atoms. The summed E-state index contributed by atoms with van der Waals surface area (Å²) in [6.45, 7) is 2.86. The molecule has 1 heterocycles. The van der Waals surface area contributed by atoms with E-state index < -0.39 is 11.4 Å². The van der Waals surface area contributed by atoms with E-state index >= 15 is 0 Å². The number of anilines is 1. The molecule has 2 aromatic rings. The van der Waals surface area contributed by atoms with E-state index in [-0.39, 0.29) is 12.6 Å². The summed E-state index contributed by atoms with van der Waals surface area (Å²) < 4.78 is 5.78. The number of carboxylic acid groups (broad SMARTS) is 1. The van der Waals surface area contributed by atoms with Crippen LogP contribution in [0.5, 0.6) is 5.75 Å². The summed E-state index contributed by atoms with van der Waals surface area (Å²) in [6.07, 6.45) is 1.26. The van der Waals surface area contributed by atoms with Crippen LogP contribution in [0, 0.1) is 5.41 Å². The topological polar surface area (TPSA) is 78.9 Å². The Morgan fingerprint density at radius 2 is 1.96 bits per heavy atom. The van der Waals surface area contributed by atoms with Gasteiger partial charge in [0.25, 0.3) is 0 Å². The van der Waals surface area contributed by atoms with E-state index in [9.17, 15) is 14.7 Å². The molecule has 6 nitrogen and oxygen atoms in total. The maximum absolute atomic E-state index is 12.4. The van der Waals surface area contributed by atoms with E-state index in [2.05, 4.69) is 17.4 Å². The summed E-state index contributed by atoms with van der Waals surface area (Å²) in [6, 6.07) is 17.0. The summed E-state index contributed by atoms with van der Waals surface area (Å²) in [7, 11) is 0. The standard InChI is InChI=1S/C21H24N2O4/c1-21(19(24)25)11-12-23(15-21)20(26)22-17-8-5-9-18(14-17)27-13-10-16-6-3-2-4-7-16/h2-9,14H,10-13,15H2,1H3,(H,22,26)(H,24,25). The second kappa shape index (κ2) is 8.12. The lowest BCUT2D eigenvalue weighted by molar-refractivity contribution is -0.146. The Kier molecular flexibility index (Phi) is 5.64. The molecule has 1 unspecified atom stereocenters. The molecule has 2 amide bonds. The zero-order valence-corrected chi connectivity index (χ0v) is 15.4. The third-order valence-electron chi connectivity index (χ3n) is 4.86. The van der Waals surface area contributed by atoms with E-state index in [4.69, 9.17) is 4.74 Å². The lowest BCUT2D eigenvalue weighted by Gasteiger charge is -2.20. The van der Waals surface area contributed by atoms with Gasteiger partial charge in [-0.1, -0.05) is 36.4 Å². The van der Waals surface area contributed by atoms with E-state index in [0.717, 1.165) is 6.42 Å². The molecular weight excluding hydrogens is 344 g/mol.